The van der Waals surface area contributed by atoms with Crippen molar-refractivity contribution in [3.63, 3.8) is 0 Å². The first kappa shape index (κ1) is 22.6. The van der Waals surface area contributed by atoms with E-state index in [4.69, 9.17) is 9.47 Å². The van der Waals surface area contributed by atoms with Crippen molar-refractivity contribution in [3.05, 3.63) is 66.0 Å². The summed E-state index contributed by atoms with van der Waals surface area (Å²) in [5, 5.41) is 3.90. The molecule has 0 radical (unpaired) electrons. The Kier molecular flexibility index (Phi) is 6.56. The number of ether oxygens (including phenoxy) is 2. The summed E-state index contributed by atoms with van der Waals surface area (Å²) in [6.07, 6.45) is -3.32. The number of methoxy groups -OCH3 is 2. The standard InChI is InChI=1S/C20H20F3N3O4S/c1-29-16-8-7-15(18(9-16)30-2)12-25-31(27,28)19-6-4-3-5-17(19)26-13-14(11-24-26)10-20(21,22)23/h3-9,11,13,25H,10,12H2,1-2H3. The molecule has 1 aromatic heterocycles. The molecular formula is C20H20F3N3O4S. The third-order valence-electron chi connectivity index (χ3n) is 4.39. The van der Waals surface area contributed by atoms with Gasteiger partial charge >= 0.3 is 6.18 Å². The number of aromatic nitrogens is 2. The van der Waals surface area contributed by atoms with Gasteiger partial charge in [0, 0.05) is 24.4 Å². The van der Waals surface area contributed by atoms with Crippen molar-refractivity contribution in [3.8, 4) is 17.2 Å². The second-order valence-electron chi connectivity index (χ2n) is 6.56. The van der Waals surface area contributed by atoms with E-state index in [0.717, 1.165) is 17.1 Å². The predicted molar refractivity (Wildman–Crippen MR) is 107 cm³/mol. The number of alkyl halides is 3. The van der Waals surface area contributed by atoms with E-state index in [1.165, 1.54) is 32.4 Å². The second kappa shape index (κ2) is 8.98. The highest BCUT2D eigenvalue weighted by Gasteiger charge is 2.29. The lowest BCUT2D eigenvalue weighted by Crippen LogP contribution is -2.25. The smallest absolute Gasteiger partial charge is 0.393 e. The van der Waals surface area contributed by atoms with Crippen LogP contribution in [0.4, 0.5) is 13.2 Å². The molecule has 0 aliphatic carbocycles. The van der Waals surface area contributed by atoms with Crippen LogP contribution >= 0.6 is 0 Å². The van der Waals surface area contributed by atoms with Crippen molar-refractivity contribution >= 4 is 10.0 Å². The van der Waals surface area contributed by atoms with Crippen molar-refractivity contribution in [1.82, 2.24) is 14.5 Å². The third-order valence-corrected chi connectivity index (χ3v) is 5.84. The number of nitrogens with zero attached hydrogens (tertiary/aromatic N) is 2. The Bertz CT molecular complexity index is 1160. The minimum atomic E-state index is -4.39. The summed E-state index contributed by atoms with van der Waals surface area (Å²) >= 11 is 0. The largest absolute Gasteiger partial charge is 0.497 e. The first-order chi connectivity index (χ1) is 14.6. The van der Waals surface area contributed by atoms with Crippen LogP contribution in [0.5, 0.6) is 11.5 Å². The fraction of sp³-hybridized carbons (Fsp3) is 0.250. The first-order valence-corrected chi connectivity index (χ1v) is 10.5. The number of hydrogen-bond donors (Lipinski definition) is 1. The molecule has 0 bridgehead atoms. The number of rotatable bonds is 8. The Morgan fingerprint density at radius 3 is 2.52 bits per heavy atom. The van der Waals surface area contributed by atoms with E-state index in [2.05, 4.69) is 9.82 Å². The molecule has 3 rings (SSSR count). The van der Waals surface area contributed by atoms with Crippen molar-refractivity contribution < 1.29 is 31.1 Å². The molecule has 0 spiro atoms. The van der Waals surface area contributed by atoms with Gasteiger partial charge in [0.25, 0.3) is 0 Å². The Hall–Kier alpha value is -3.05. The van der Waals surface area contributed by atoms with Gasteiger partial charge in [-0.05, 0) is 23.8 Å². The molecule has 0 atom stereocenters. The molecule has 1 heterocycles. The summed E-state index contributed by atoms with van der Waals surface area (Å²) in [4.78, 5) is -0.121. The molecule has 3 aromatic rings. The summed E-state index contributed by atoms with van der Waals surface area (Å²) in [7, 11) is -1.06. The van der Waals surface area contributed by atoms with Gasteiger partial charge in [0.1, 0.15) is 16.4 Å². The van der Waals surface area contributed by atoms with Crippen LogP contribution in [0.1, 0.15) is 11.1 Å². The number of hydrogen-bond acceptors (Lipinski definition) is 5. The van der Waals surface area contributed by atoms with Crippen LogP contribution in [-0.4, -0.2) is 38.6 Å². The molecular weight excluding hydrogens is 435 g/mol. The molecule has 0 saturated carbocycles. The van der Waals surface area contributed by atoms with E-state index in [1.807, 2.05) is 0 Å². The van der Waals surface area contributed by atoms with Crippen LogP contribution < -0.4 is 14.2 Å². The average molecular weight is 455 g/mol. The van der Waals surface area contributed by atoms with E-state index in [-0.39, 0.29) is 22.7 Å². The number of halogens is 3. The van der Waals surface area contributed by atoms with Gasteiger partial charge in [0.15, 0.2) is 0 Å². The molecule has 0 unspecified atom stereocenters. The molecule has 11 heteroatoms. The van der Waals surface area contributed by atoms with Gasteiger partial charge in [0.05, 0.1) is 32.5 Å². The maximum atomic E-state index is 13.0. The zero-order valence-corrected chi connectivity index (χ0v) is 17.5. The van der Waals surface area contributed by atoms with Gasteiger partial charge in [0.2, 0.25) is 10.0 Å². The highest BCUT2D eigenvalue weighted by atomic mass is 32.2. The number of sulfonamides is 1. The lowest BCUT2D eigenvalue weighted by molar-refractivity contribution is -0.127. The number of nitrogens with one attached hydrogen (secondary N) is 1. The Morgan fingerprint density at radius 2 is 1.84 bits per heavy atom. The van der Waals surface area contributed by atoms with E-state index in [0.29, 0.717) is 17.1 Å². The van der Waals surface area contributed by atoms with Crippen molar-refractivity contribution in [2.75, 3.05) is 14.2 Å². The molecule has 166 valence electrons. The van der Waals surface area contributed by atoms with Gasteiger partial charge in [-0.1, -0.05) is 18.2 Å². The van der Waals surface area contributed by atoms with Crippen LogP contribution in [-0.2, 0) is 23.0 Å². The monoisotopic (exact) mass is 455 g/mol. The zero-order chi connectivity index (χ0) is 22.6. The molecule has 2 aromatic carbocycles. The summed E-state index contributed by atoms with van der Waals surface area (Å²) < 4.78 is 77.8. The molecule has 0 amide bonds. The maximum absolute atomic E-state index is 13.0. The van der Waals surface area contributed by atoms with Crippen LogP contribution in [0.2, 0.25) is 0 Å². The van der Waals surface area contributed by atoms with Crippen LogP contribution in [0.3, 0.4) is 0 Å². The predicted octanol–water partition coefficient (Wildman–Crippen LogP) is 3.47. The SMILES string of the molecule is COc1ccc(CNS(=O)(=O)c2ccccc2-n2cc(CC(F)(F)F)cn2)c(OC)c1. The number of benzene rings is 2. The summed E-state index contributed by atoms with van der Waals surface area (Å²) in [5.74, 6) is 1.00. The first-order valence-electron chi connectivity index (χ1n) is 9.03. The fourth-order valence-corrected chi connectivity index (χ4v) is 4.13. The van der Waals surface area contributed by atoms with Gasteiger partial charge in [-0.3, -0.25) is 0 Å². The molecule has 0 saturated heterocycles. The average Bonchev–Trinajstić information content (AvgIpc) is 3.18. The Balaban J connectivity index is 1.86. The third kappa shape index (κ3) is 5.56. The molecule has 0 aliphatic heterocycles. The molecule has 7 nitrogen and oxygen atoms in total. The van der Waals surface area contributed by atoms with Crippen LogP contribution in [0.25, 0.3) is 5.69 Å². The highest BCUT2D eigenvalue weighted by molar-refractivity contribution is 7.89. The summed E-state index contributed by atoms with van der Waals surface area (Å²) in [5.41, 5.74) is 0.636. The lowest BCUT2D eigenvalue weighted by atomic mass is 10.2. The van der Waals surface area contributed by atoms with E-state index >= 15 is 0 Å². The molecule has 31 heavy (non-hydrogen) atoms. The minimum Gasteiger partial charge on any atom is -0.497 e. The highest BCUT2D eigenvalue weighted by Crippen LogP contribution is 2.26. The second-order valence-corrected chi connectivity index (χ2v) is 8.29. The topological polar surface area (TPSA) is 82.5 Å². The van der Waals surface area contributed by atoms with Crippen LogP contribution in [0.15, 0.2) is 59.8 Å². The van der Waals surface area contributed by atoms with Crippen LogP contribution in [0, 0.1) is 0 Å². The quantitative estimate of drug-likeness (QED) is 0.563. The van der Waals surface area contributed by atoms with Gasteiger partial charge in [-0.15, -0.1) is 0 Å². The zero-order valence-electron chi connectivity index (χ0n) is 16.7. The fourth-order valence-electron chi connectivity index (χ4n) is 2.94. The Morgan fingerprint density at radius 1 is 1.10 bits per heavy atom. The van der Waals surface area contributed by atoms with Gasteiger partial charge < -0.3 is 9.47 Å². The van der Waals surface area contributed by atoms with Crippen molar-refractivity contribution in [2.45, 2.75) is 24.0 Å². The normalized spacial score (nSPS) is 12.0. The molecule has 0 fully saturated rings. The number of para-hydroxylation sites is 1. The molecule has 1 N–H and O–H groups in total. The van der Waals surface area contributed by atoms with Crippen molar-refractivity contribution in [2.24, 2.45) is 0 Å². The minimum absolute atomic E-state index is 0.0672. The Labute approximate surface area is 177 Å². The van der Waals surface area contributed by atoms with Crippen molar-refractivity contribution in [1.29, 1.82) is 0 Å². The van der Waals surface area contributed by atoms with E-state index in [1.54, 1.807) is 24.3 Å². The van der Waals surface area contributed by atoms with Gasteiger partial charge in [-0.25, -0.2) is 17.8 Å². The van der Waals surface area contributed by atoms with E-state index in [9.17, 15) is 21.6 Å². The van der Waals surface area contributed by atoms with E-state index < -0.39 is 22.6 Å². The summed E-state index contributed by atoms with van der Waals surface area (Å²) in [6.45, 7) is -0.0672. The maximum Gasteiger partial charge on any atom is 0.393 e. The molecule has 0 aliphatic rings. The van der Waals surface area contributed by atoms with Gasteiger partial charge in [-0.2, -0.15) is 18.3 Å². The lowest BCUT2D eigenvalue weighted by Gasteiger charge is -2.14. The summed E-state index contributed by atoms with van der Waals surface area (Å²) in [6, 6.07) is 10.9.